The minimum atomic E-state index is -0.102. The molecule has 0 fully saturated rings. The zero-order valence-corrected chi connectivity index (χ0v) is 29.8. The Kier molecular flexibility index (Phi) is 30.0. The minimum absolute atomic E-state index is 0.0455. The van der Waals surface area contributed by atoms with Gasteiger partial charge in [0.05, 0.1) is 0 Å². The molecule has 0 bridgehead atoms. The summed E-state index contributed by atoms with van der Waals surface area (Å²) in [5, 5.41) is 0. The molecule has 2 unspecified atom stereocenters. The van der Waals surface area contributed by atoms with Gasteiger partial charge < -0.3 is 14.4 Å². The van der Waals surface area contributed by atoms with Crippen LogP contribution in [-0.2, 0) is 19.1 Å². The van der Waals surface area contributed by atoms with Crippen molar-refractivity contribution in [3.05, 3.63) is 0 Å². The zero-order valence-electron chi connectivity index (χ0n) is 29.8. The van der Waals surface area contributed by atoms with Crippen LogP contribution in [0.5, 0.6) is 0 Å². The molecule has 2 atom stereocenters. The summed E-state index contributed by atoms with van der Waals surface area (Å²) in [4.78, 5) is 30.4. The van der Waals surface area contributed by atoms with Crippen LogP contribution in [0.1, 0.15) is 175 Å². The Labute approximate surface area is 268 Å². The average molecular weight is 611 g/mol. The van der Waals surface area contributed by atoms with Gasteiger partial charge in [0.1, 0.15) is 12.2 Å². The summed E-state index contributed by atoms with van der Waals surface area (Å²) < 4.78 is 12.3. The van der Waals surface area contributed by atoms with Gasteiger partial charge in [-0.25, -0.2) is 0 Å². The fraction of sp³-hybridized carbons (Fsp3) is 0.946. The van der Waals surface area contributed by atoms with Gasteiger partial charge in [0, 0.05) is 25.9 Å². The molecule has 6 heteroatoms. The summed E-state index contributed by atoms with van der Waals surface area (Å²) in [5.41, 5.74) is 0. The number of hydrogen-bond donors (Lipinski definition) is 0. The van der Waals surface area contributed by atoms with E-state index in [0.29, 0.717) is 12.8 Å². The van der Waals surface area contributed by atoms with E-state index in [4.69, 9.17) is 9.47 Å². The molecule has 0 aromatic heterocycles. The summed E-state index contributed by atoms with van der Waals surface area (Å²) in [6.45, 7) is 12.3. The molecule has 0 heterocycles. The van der Waals surface area contributed by atoms with Gasteiger partial charge >= 0.3 is 11.9 Å². The van der Waals surface area contributed by atoms with Crippen molar-refractivity contribution in [2.24, 2.45) is 0 Å². The number of carbonyl (C=O) groups is 2. The number of unbranched alkanes of at least 4 members (excludes halogenated alkanes) is 14. The maximum atomic E-state index is 12.9. The predicted octanol–water partition coefficient (Wildman–Crippen LogP) is 9.73. The van der Waals surface area contributed by atoms with E-state index in [-0.39, 0.29) is 24.1 Å². The van der Waals surface area contributed by atoms with E-state index in [9.17, 15) is 9.59 Å². The standard InChI is InChI=1S/C37H74N2O4/c1-7-11-15-19-23-28-36(40)42-34(26-21-17-13-9-3)32-39(31-25-30-38(5)6)33-35(27-22-18-14-10-4)43-37(41)29-24-20-16-12-8-2/h34-35H,7-33H2,1-6H3. The van der Waals surface area contributed by atoms with Crippen molar-refractivity contribution in [1.29, 1.82) is 0 Å². The molecule has 0 N–H and O–H groups in total. The molecule has 0 spiro atoms. The van der Waals surface area contributed by atoms with Crippen LogP contribution in [0.25, 0.3) is 0 Å². The van der Waals surface area contributed by atoms with E-state index in [2.05, 4.69) is 51.6 Å². The number of ether oxygens (including phenoxy) is 2. The van der Waals surface area contributed by atoms with Crippen LogP contribution in [0, 0.1) is 0 Å². The predicted molar refractivity (Wildman–Crippen MR) is 184 cm³/mol. The molecule has 0 aliphatic carbocycles. The first-order valence-corrected chi connectivity index (χ1v) is 18.6. The highest BCUT2D eigenvalue weighted by Crippen LogP contribution is 2.17. The largest absolute Gasteiger partial charge is 0.461 e. The smallest absolute Gasteiger partial charge is 0.306 e. The first-order chi connectivity index (χ1) is 20.9. The van der Waals surface area contributed by atoms with Crippen molar-refractivity contribution < 1.29 is 19.1 Å². The Bertz CT molecular complexity index is 582. The van der Waals surface area contributed by atoms with E-state index >= 15 is 0 Å². The molecule has 0 rings (SSSR count). The van der Waals surface area contributed by atoms with Gasteiger partial charge in [-0.2, -0.15) is 0 Å². The summed E-state index contributed by atoms with van der Waals surface area (Å²) in [7, 11) is 4.23. The molecule has 0 aliphatic rings. The highest BCUT2D eigenvalue weighted by atomic mass is 16.5. The van der Waals surface area contributed by atoms with Crippen LogP contribution in [-0.4, -0.2) is 74.2 Å². The second kappa shape index (κ2) is 30.9. The first-order valence-electron chi connectivity index (χ1n) is 18.6. The molecule has 0 aromatic carbocycles. The lowest BCUT2D eigenvalue weighted by molar-refractivity contribution is -0.152. The van der Waals surface area contributed by atoms with Crippen molar-refractivity contribution in [2.75, 3.05) is 40.3 Å². The van der Waals surface area contributed by atoms with Crippen molar-refractivity contribution >= 4 is 11.9 Å². The maximum Gasteiger partial charge on any atom is 0.306 e. The van der Waals surface area contributed by atoms with E-state index in [0.717, 1.165) is 84.0 Å². The highest BCUT2D eigenvalue weighted by Gasteiger charge is 2.23. The van der Waals surface area contributed by atoms with Crippen LogP contribution in [0.2, 0.25) is 0 Å². The van der Waals surface area contributed by atoms with Crippen molar-refractivity contribution in [1.82, 2.24) is 9.80 Å². The molecule has 43 heavy (non-hydrogen) atoms. The van der Waals surface area contributed by atoms with Crippen molar-refractivity contribution in [3.8, 4) is 0 Å². The van der Waals surface area contributed by atoms with Gasteiger partial charge in [-0.3, -0.25) is 14.5 Å². The van der Waals surface area contributed by atoms with Crippen LogP contribution < -0.4 is 0 Å². The Morgan fingerprint density at radius 1 is 0.488 bits per heavy atom. The highest BCUT2D eigenvalue weighted by molar-refractivity contribution is 5.69. The molecular weight excluding hydrogens is 536 g/mol. The second-order valence-electron chi connectivity index (χ2n) is 13.2. The van der Waals surface area contributed by atoms with Crippen LogP contribution >= 0.6 is 0 Å². The Morgan fingerprint density at radius 3 is 1.23 bits per heavy atom. The fourth-order valence-corrected chi connectivity index (χ4v) is 5.65. The Hall–Kier alpha value is -1.14. The Morgan fingerprint density at radius 2 is 0.860 bits per heavy atom. The number of hydrogen-bond acceptors (Lipinski definition) is 6. The molecule has 0 amide bonds. The lowest BCUT2D eigenvalue weighted by Gasteiger charge is -2.31. The molecule has 0 saturated carbocycles. The maximum absolute atomic E-state index is 12.9. The topological polar surface area (TPSA) is 59.1 Å². The van der Waals surface area contributed by atoms with Crippen molar-refractivity contribution in [2.45, 2.75) is 188 Å². The van der Waals surface area contributed by atoms with Gasteiger partial charge in [0.2, 0.25) is 0 Å². The second-order valence-corrected chi connectivity index (χ2v) is 13.2. The summed E-state index contributed by atoms with van der Waals surface area (Å²) >= 11 is 0. The number of esters is 2. The van der Waals surface area contributed by atoms with E-state index in [1.54, 1.807) is 0 Å². The van der Waals surface area contributed by atoms with E-state index < -0.39 is 0 Å². The quantitative estimate of drug-likeness (QED) is 0.0558. The molecule has 0 saturated heterocycles. The fourth-order valence-electron chi connectivity index (χ4n) is 5.65. The molecule has 6 nitrogen and oxygen atoms in total. The average Bonchev–Trinajstić information content (AvgIpc) is 2.97. The summed E-state index contributed by atoms with van der Waals surface area (Å²) in [6.07, 6.45) is 24.4. The lowest BCUT2D eigenvalue weighted by Crippen LogP contribution is -2.42. The summed E-state index contributed by atoms with van der Waals surface area (Å²) in [5.74, 6) is -0.0910. The normalized spacial score (nSPS) is 13.0. The van der Waals surface area contributed by atoms with E-state index in [1.165, 1.54) is 77.0 Å². The van der Waals surface area contributed by atoms with Gasteiger partial charge in [-0.1, -0.05) is 118 Å². The minimum Gasteiger partial charge on any atom is -0.461 e. The van der Waals surface area contributed by atoms with Crippen LogP contribution in [0.4, 0.5) is 0 Å². The Balaban J connectivity index is 5.44. The third-order valence-corrected chi connectivity index (χ3v) is 8.33. The molecule has 0 aromatic rings. The molecular formula is C37H74N2O4. The summed E-state index contributed by atoms with van der Waals surface area (Å²) in [6, 6.07) is 0. The SMILES string of the molecule is CCCCCCCC(=O)OC(CCCCCC)CN(CCCN(C)C)CC(CCCCCC)OC(=O)CCCCCCC. The first kappa shape index (κ1) is 41.9. The molecule has 256 valence electrons. The van der Waals surface area contributed by atoms with Crippen LogP contribution in [0.15, 0.2) is 0 Å². The van der Waals surface area contributed by atoms with Gasteiger partial charge in [-0.15, -0.1) is 0 Å². The number of rotatable bonds is 32. The lowest BCUT2D eigenvalue weighted by atomic mass is 10.1. The van der Waals surface area contributed by atoms with Crippen LogP contribution in [0.3, 0.4) is 0 Å². The van der Waals surface area contributed by atoms with Gasteiger partial charge in [-0.05, 0) is 72.1 Å². The zero-order chi connectivity index (χ0) is 32.0. The molecule has 0 radical (unpaired) electrons. The number of nitrogens with zero attached hydrogens (tertiary/aromatic N) is 2. The van der Waals surface area contributed by atoms with Gasteiger partial charge in [0.25, 0.3) is 0 Å². The van der Waals surface area contributed by atoms with E-state index in [1.807, 2.05) is 0 Å². The van der Waals surface area contributed by atoms with Gasteiger partial charge in [0.15, 0.2) is 0 Å². The third kappa shape index (κ3) is 28.1. The number of carbonyl (C=O) groups excluding carboxylic acids is 2. The third-order valence-electron chi connectivity index (χ3n) is 8.33. The monoisotopic (exact) mass is 611 g/mol. The van der Waals surface area contributed by atoms with Crippen molar-refractivity contribution in [3.63, 3.8) is 0 Å². The molecule has 0 aliphatic heterocycles.